The van der Waals surface area contributed by atoms with E-state index in [-0.39, 0.29) is 17.2 Å². The molecule has 0 radical (unpaired) electrons. The molecule has 4 N–H and O–H groups in total. The molecule has 1 aromatic carbocycles. The molecule has 5 nitrogen and oxygen atoms in total. The summed E-state index contributed by atoms with van der Waals surface area (Å²) in [6.45, 7) is 15.1. The van der Waals surface area contributed by atoms with Crippen LogP contribution in [0, 0.1) is 17.8 Å². The second-order valence-corrected chi connectivity index (χ2v) is 10.1. The zero-order valence-electron chi connectivity index (χ0n) is 20.6. The number of carboxylic acids is 1. The SMILES string of the molecule is CC(=O)O.CC(C)[C@H](N)C(=O)NCC1CCCCC1c1ccccc1C(C)(C)C(C)C. The lowest BCUT2D eigenvalue weighted by Gasteiger charge is -2.38. The first-order valence-corrected chi connectivity index (χ1v) is 11.7. The molecule has 1 aliphatic rings. The molecule has 0 aromatic heterocycles. The van der Waals surface area contributed by atoms with Crippen molar-refractivity contribution in [2.75, 3.05) is 6.54 Å². The zero-order chi connectivity index (χ0) is 23.8. The number of aliphatic carboxylic acids is 1. The molecule has 1 aromatic rings. The molecule has 1 saturated carbocycles. The molecule has 0 bridgehead atoms. The van der Waals surface area contributed by atoms with Crippen LogP contribution in [0.15, 0.2) is 24.3 Å². The number of carbonyl (C=O) groups is 2. The van der Waals surface area contributed by atoms with Gasteiger partial charge in [-0.2, -0.15) is 0 Å². The van der Waals surface area contributed by atoms with Gasteiger partial charge in [0.15, 0.2) is 0 Å². The Morgan fingerprint density at radius 2 is 1.68 bits per heavy atom. The minimum Gasteiger partial charge on any atom is -0.481 e. The minimum atomic E-state index is -0.833. The van der Waals surface area contributed by atoms with Crippen LogP contribution >= 0.6 is 0 Å². The quantitative estimate of drug-likeness (QED) is 0.560. The Hall–Kier alpha value is -1.88. The van der Waals surface area contributed by atoms with E-state index in [1.807, 2.05) is 13.8 Å². The number of nitrogens with one attached hydrogen (secondary N) is 1. The average molecular weight is 433 g/mol. The molecule has 5 heteroatoms. The van der Waals surface area contributed by atoms with Crippen LogP contribution in [0.2, 0.25) is 0 Å². The Morgan fingerprint density at radius 1 is 1.13 bits per heavy atom. The van der Waals surface area contributed by atoms with Crippen LogP contribution in [0.4, 0.5) is 0 Å². The number of rotatable bonds is 7. The first-order valence-electron chi connectivity index (χ1n) is 11.7. The van der Waals surface area contributed by atoms with Gasteiger partial charge in [-0.05, 0) is 53.1 Å². The van der Waals surface area contributed by atoms with Crippen molar-refractivity contribution >= 4 is 11.9 Å². The highest BCUT2D eigenvalue weighted by molar-refractivity contribution is 5.81. The van der Waals surface area contributed by atoms with Gasteiger partial charge in [0, 0.05) is 13.5 Å². The van der Waals surface area contributed by atoms with E-state index in [1.165, 1.54) is 36.8 Å². The predicted octanol–water partition coefficient (Wildman–Crippen LogP) is 5.08. The number of hydrogen-bond acceptors (Lipinski definition) is 3. The first-order chi connectivity index (χ1) is 14.4. The van der Waals surface area contributed by atoms with Gasteiger partial charge in [0.05, 0.1) is 6.04 Å². The highest BCUT2D eigenvalue weighted by atomic mass is 16.4. The number of hydrogen-bond donors (Lipinski definition) is 3. The maximum atomic E-state index is 12.3. The maximum absolute atomic E-state index is 12.3. The highest BCUT2D eigenvalue weighted by Crippen LogP contribution is 2.43. The molecular weight excluding hydrogens is 388 g/mol. The van der Waals surface area contributed by atoms with E-state index in [4.69, 9.17) is 15.6 Å². The summed E-state index contributed by atoms with van der Waals surface area (Å²) in [6.07, 6.45) is 4.92. The second-order valence-electron chi connectivity index (χ2n) is 10.1. The van der Waals surface area contributed by atoms with Crippen molar-refractivity contribution in [2.45, 2.75) is 91.5 Å². The molecule has 1 fully saturated rings. The van der Waals surface area contributed by atoms with Gasteiger partial charge in [-0.15, -0.1) is 0 Å². The number of amides is 1. The van der Waals surface area contributed by atoms with Crippen molar-refractivity contribution < 1.29 is 14.7 Å². The first kappa shape index (κ1) is 27.2. The van der Waals surface area contributed by atoms with Gasteiger partial charge in [-0.25, -0.2) is 0 Å². The summed E-state index contributed by atoms with van der Waals surface area (Å²) in [6, 6.07) is 8.57. The molecule has 1 aliphatic carbocycles. The number of nitrogens with two attached hydrogens (primary N) is 1. The summed E-state index contributed by atoms with van der Waals surface area (Å²) in [4.78, 5) is 21.3. The Morgan fingerprint density at radius 3 is 2.23 bits per heavy atom. The Bertz CT molecular complexity index is 708. The number of carboxylic acid groups (broad SMARTS) is 1. The summed E-state index contributed by atoms with van der Waals surface area (Å²) in [7, 11) is 0. The van der Waals surface area contributed by atoms with Gasteiger partial charge in [0.2, 0.25) is 5.91 Å². The van der Waals surface area contributed by atoms with E-state index >= 15 is 0 Å². The normalized spacial score (nSPS) is 20.1. The molecule has 0 heterocycles. The van der Waals surface area contributed by atoms with Gasteiger partial charge < -0.3 is 16.2 Å². The van der Waals surface area contributed by atoms with Crippen LogP contribution in [0.25, 0.3) is 0 Å². The van der Waals surface area contributed by atoms with Crippen molar-refractivity contribution in [3.05, 3.63) is 35.4 Å². The fourth-order valence-corrected chi connectivity index (χ4v) is 4.23. The van der Waals surface area contributed by atoms with Crippen LogP contribution in [-0.4, -0.2) is 29.6 Å². The molecule has 0 spiro atoms. The zero-order valence-corrected chi connectivity index (χ0v) is 20.6. The van der Waals surface area contributed by atoms with Crippen LogP contribution in [0.5, 0.6) is 0 Å². The predicted molar refractivity (Wildman–Crippen MR) is 128 cm³/mol. The fourth-order valence-electron chi connectivity index (χ4n) is 4.23. The number of carbonyl (C=O) groups excluding carboxylic acids is 1. The summed E-state index contributed by atoms with van der Waals surface area (Å²) in [5.41, 5.74) is 9.13. The van der Waals surface area contributed by atoms with Crippen molar-refractivity contribution in [3.8, 4) is 0 Å². The lowest BCUT2D eigenvalue weighted by molar-refractivity contribution is -0.134. The van der Waals surface area contributed by atoms with Gasteiger partial charge in [0.25, 0.3) is 5.97 Å². The Labute approximate surface area is 189 Å². The monoisotopic (exact) mass is 432 g/mol. The smallest absolute Gasteiger partial charge is 0.300 e. The van der Waals surface area contributed by atoms with Gasteiger partial charge in [-0.1, -0.05) is 78.6 Å². The lowest BCUT2D eigenvalue weighted by Crippen LogP contribution is -2.46. The molecule has 0 saturated heterocycles. The molecule has 176 valence electrons. The van der Waals surface area contributed by atoms with Gasteiger partial charge in [-0.3, -0.25) is 9.59 Å². The lowest BCUT2D eigenvalue weighted by atomic mass is 9.67. The summed E-state index contributed by atoms with van der Waals surface area (Å²) >= 11 is 0. The van der Waals surface area contributed by atoms with Crippen molar-refractivity contribution in [1.29, 1.82) is 0 Å². The van der Waals surface area contributed by atoms with E-state index < -0.39 is 12.0 Å². The standard InChI is InChI=1S/C24H40N2O.C2H4O2/c1-16(2)22(25)23(27)26-15-18-11-7-8-12-19(18)20-13-9-10-14-21(20)24(5,6)17(3)4;1-2(3)4/h9-10,13-14,16-19,22H,7-8,11-12,15,25H2,1-6H3,(H,26,27);1H3,(H,3,4)/t18?,19?,22-;/m0./s1. The summed E-state index contributed by atoms with van der Waals surface area (Å²) in [5, 5.41) is 10.6. The summed E-state index contributed by atoms with van der Waals surface area (Å²) in [5.74, 6) is 0.906. The average Bonchev–Trinajstić information content (AvgIpc) is 2.71. The topological polar surface area (TPSA) is 92.4 Å². The number of benzene rings is 1. The fraction of sp³-hybridized carbons (Fsp3) is 0.692. The van der Waals surface area contributed by atoms with E-state index in [2.05, 4.69) is 57.3 Å². The molecule has 2 rings (SSSR count). The largest absolute Gasteiger partial charge is 0.481 e. The molecular formula is C26H44N2O3. The van der Waals surface area contributed by atoms with Gasteiger partial charge in [0.1, 0.15) is 0 Å². The highest BCUT2D eigenvalue weighted by Gasteiger charge is 2.33. The minimum absolute atomic E-state index is 0.00915. The molecule has 0 aliphatic heterocycles. The Kier molecular flexibility index (Phi) is 10.7. The van der Waals surface area contributed by atoms with Crippen molar-refractivity contribution in [3.63, 3.8) is 0 Å². The maximum Gasteiger partial charge on any atom is 0.300 e. The molecule has 3 atom stereocenters. The van der Waals surface area contributed by atoms with Gasteiger partial charge >= 0.3 is 0 Å². The third-order valence-electron chi connectivity index (χ3n) is 6.97. The third-order valence-corrected chi connectivity index (χ3v) is 6.97. The molecule has 31 heavy (non-hydrogen) atoms. The van der Waals surface area contributed by atoms with E-state index in [1.54, 1.807) is 0 Å². The van der Waals surface area contributed by atoms with Crippen molar-refractivity contribution in [2.24, 2.45) is 23.5 Å². The van der Waals surface area contributed by atoms with E-state index in [9.17, 15) is 4.79 Å². The van der Waals surface area contributed by atoms with Crippen LogP contribution in [0.3, 0.4) is 0 Å². The van der Waals surface area contributed by atoms with Crippen LogP contribution in [-0.2, 0) is 15.0 Å². The van der Waals surface area contributed by atoms with Crippen LogP contribution < -0.4 is 11.1 Å². The van der Waals surface area contributed by atoms with E-state index in [0.29, 0.717) is 17.8 Å². The Balaban J connectivity index is 0.00000110. The molecule has 1 amide bonds. The second kappa shape index (κ2) is 12.2. The van der Waals surface area contributed by atoms with Crippen LogP contribution in [0.1, 0.15) is 91.2 Å². The molecule has 2 unspecified atom stereocenters. The van der Waals surface area contributed by atoms with Crippen molar-refractivity contribution in [1.82, 2.24) is 5.32 Å². The summed E-state index contributed by atoms with van der Waals surface area (Å²) < 4.78 is 0. The third kappa shape index (κ3) is 7.95. The van der Waals surface area contributed by atoms with E-state index in [0.717, 1.165) is 13.5 Å².